The molecule has 7 heteroatoms. The average Bonchev–Trinajstić information content (AvgIpc) is 2.99. The molecule has 0 aromatic heterocycles. The first-order valence-corrected chi connectivity index (χ1v) is 15.9. The normalized spacial score (nSPS) is 44.0. The zero-order chi connectivity index (χ0) is 30.6. The van der Waals surface area contributed by atoms with Crippen LogP contribution in [0, 0.1) is 22.7 Å². The van der Waals surface area contributed by atoms with Gasteiger partial charge in [-0.3, -0.25) is 9.59 Å². The maximum atomic E-state index is 12.4. The number of esters is 2. The van der Waals surface area contributed by atoms with E-state index in [1.807, 2.05) is 27.7 Å². The van der Waals surface area contributed by atoms with Crippen LogP contribution in [-0.4, -0.2) is 58.3 Å². The number of aliphatic hydroxyl groups is 1. The van der Waals surface area contributed by atoms with Gasteiger partial charge in [-0.15, -0.1) is 0 Å². The lowest BCUT2D eigenvalue weighted by atomic mass is 9.54. The van der Waals surface area contributed by atoms with Crippen molar-refractivity contribution in [3.63, 3.8) is 0 Å². The smallest absolute Gasteiger partial charge is 0.303 e. The van der Waals surface area contributed by atoms with Crippen LogP contribution in [0.3, 0.4) is 0 Å². The van der Waals surface area contributed by atoms with Crippen LogP contribution in [0.1, 0.15) is 127 Å². The minimum Gasteiger partial charge on any atom is -0.460 e. The summed E-state index contributed by atoms with van der Waals surface area (Å²) >= 11 is 0. The number of hydrogen-bond acceptors (Lipinski definition) is 7. The predicted octanol–water partition coefficient (Wildman–Crippen LogP) is 6.69. The van der Waals surface area contributed by atoms with E-state index in [0.29, 0.717) is 12.8 Å². The van der Waals surface area contributed by atoms with Gasteiger partial charge in [0.05, 0.1) is 29.5 Å². The van der Waals surface area contributed by atoms with Gasteiger partial charge in [-0.1, -0.05) is 26.0 Å². The highest BCUT2D eigenvalue weighted by molar-refractivity contribution is 5.66. The second-order valence-electron chi connectivity index (χ2n) is 15.4. The Morgan fingerprint density at radius 2 is 1.44 bits per heavy atom. The van der Waals surface area contributed by atoms with E-state index in [-0.39, 0.29) is 52.9 Å². The Morgan fingerprint density at radius 3 is 2.07 bits per heavy atom. The highest BCUT2D eigenvalue weighted by Crippen LogP contribution is 2.59. The molecule has 7 nitrogen and oxygen atoms in total. The minimum atomic E-state index is -0.625. The fourth-order valence-electron chi connectivity index (χ4n) is 9.24. The second kappa shape index (κ2) is 11.2. The number of ether oxygens (including phenoxy) is 4. The van der Waals surface area contributed by atoms with Crippen molar-refractivity contribution >= 4 is 11.9 Å². The standard InChI is InChI=1S/C34H56O7/c1-21-11-14-28-32(8,18-15-26(37)30(4,5)40-28)24(21)12-13-25-33(9)19-16-27(38-22(2)35)31(6,7)41-29(33)17-20-34(25,10)39-23(3)36/h24-29,37H,1,11-20H2,2-10H3. The topological polar surface area (TPSA) is 91.3 Å². The molecule has 41 heavy (non-hydrogen) atoms. The number of fused-ring (bicyclic) bond motifs is 2. The molecule has 9 unspecified atom stereocenters. The van der Waals surface area contributed by atoms with Gasteiger partial charge >= 0.3 is 11.9 Å². The SMILES string of the molecule is C=C1CCC2OC(C)(C)C(O)CCC2(C)C1CCC1C(C)(OC(C)=O)CCC2OC(C)(C)C(OC(C)=O)CCC21C. The molecule has 0 aromatic rings. The molecule has 4 rings (SSSR count). The average molecular weight is 577 g/mol. The number of aliphatic hydroxyl groups excluding tert-OH is 1. The van der Waals surface area contributed by atoms with Gasteiger partial charge in [0.15, 0.2) is 0 Å². The molecule has 234 valence electrons. The Hall–Kier alpha value is -1.44. The van der Waals surface area contributed by atoms with E-state index in [1.165, 1.54) is 19.4 Å². The highest BCUT2D eigenvalue weighted by atomic mass is 16.6. The maximum Gasteiger partial charge on any atom is 0.303 e. The van der Waals surface area contributed by atoms with Crippen molar-refractivity contribution in [2.24, 2.45) is 22.7 Å². The molecule has 9 atom stereocenters. The third-order valence-corrected chi connectivity index (χ3v) is 11.7. The van der Waals surface area contributed by atoms with Crippen molar-refractivity contribution in [2.45, 2.75) is 168 Å². The fourth-order valence-corrected chi connectivity index (χ4v) is 9.24. The Morgan fingerprint density at radius 1 is 0.829 bits per heavy atom. The van der Waals surface area contributed by atoms with Gasteiger partial charge in [0, 0.05) is 30.6 Å². The zero-order valence-electron chi connectivity index (χ0n) is 27.1. The van der Waals surface area contributed by atoms with Crippen molar-refractivity contribution in [3.05, 3.63) is 12.2 Å². The minimum absolute atomic E-state index is 0.0401. The largest absolute Gasteiger partial charge is 0.460 e. The molecule has 0 bridgehead atoms. The molecule has 0 spiro atoms. The molecule has 4 aliphatic rings. The monoisotopic (exact) mass is 576 g/mol. The summed E-state index contributed by atoms with van der Waals surface area (Å²) in [5.41, 5.74) is -0.950. The van der Waals surface area contributed by atoms with E-state index >= 15 is 0 Å². The number of carbonyl (C=O) groups is 2. The predicted molar refractivity (Wildman–Crippen MR) is 158 cm³/mol. The first-order chi connectivity index (χ1) is 18.8. The Labute approximate surface area is 248 Å². The van der Waals surface area contributed by atoms with Crippen LogP contribution in [0.5, 0.6) is 0 Å². The summed E-state index contributed by atoms with van der Waals surface area (Å²) in [5, 5.41) is 10.9. The van der Waals surface area contributed by atoms with Crippen LogP contribution >= 0.6 is 0 Å². The molecule has 2 aliphatic heterocycles. The molecule has 0 amide bonds. The third kappa shape index (κ3) is 6.15. The summed E-state index contributed by atoms with van der Waals surface area (Å²) in [6, 6.07) is 0. The molecular weight excluding hydrogens is 520 g/mol. The van der Waals surface area contributed by atoms with Gasteiger partial charge in [-0.2, -0.15) is 0 Å². The van der Waals surface area contributed by atoms with E-state index in [2.05, 4.69) is 27.4 Å². The Balaban J connectivity index is 1.66. The number of rotatable bonds is 5. The fraction of sp³-hybridized carbons (Fsp3) is 0.882. The van der Waals surface area contributed by atoms with E-state index in [1.54, 1.807) is 0 Å². The van der Waals surface area contributed by atoms with Crippen molar-refractivity contribution < 1.29 is 33.6 Å². The van der Waals surface area contributed by atoms with Crippen LogP contribution < -0.4 is 0 Å². The van der Waals surface area contributed by atoms with Crippen molar-refractivity contribution in [3.8, 4) is 0 Å². The van der Waals surface area contributed by atoms with Gasteiger partial charge in [0.25, 0.3) is 0 Å². The lowest BCUT2D eigenvalue weighted by molar-refractivity contribution is -0.221. The lowest BCUT2D eigenvalue weighted by Crippen LogP contribution is -2.58. The Kier molecular flexibility index (Phi) is 8.90. The van der Waals surface area contributed by atoms with E-state index in [4.69, 9.17) is 18.9 Å². The zero-order valence-corrected chi connectivity index (χ0v) is 27.1. The lowest BCUT2D eigenvalue weighted by Gasteiger charge is -2.56. The van der Waals surface area contributed by atoms with Gasteiger partial charge in [-0.05, 0) is 105 Å². The quantitative estimate of drug-likeness (QED) is 0.288. The van der Waals surface area contributed by atoms with Crippen LogP contribution in [0.25, 0.3) is 0 Å². The summed E-state index contributed by atoms with van der Waals surface area (Å²) < 4.78 is 25.4. The van der Waals surface area contributed by atoms with Crippen LogP contribution in [0.2, 0.25) is 0 Å². The first-order valence-electron chi connectivity index (χ1n) is 15.9. The second-order valence-corrected chi connectivity index (χ2v) is 15.4. The summed E-state index contributed by atoms with van der Waals surface area (Å²) in [7, 11) is 0. The van der Waals surface area contributed by atoms with Crippen LogP contribution in [-0.2, 0) is 28.5 Å². The van der Waals surface area contributed by atoms with Crippen LogP contribution in [0.4, 0.5) is 0 Å². The summed E-state index contributed by atoms with van der Waals surface area (Å²) in [6.07, 6.45) is 7.41. The van der Waals surface area contributed by atoms with Gasteiger partial charge < -0.3 is 24.1 Å². The van der Waals surface area contributed by atoms with Gasteiger partial charge in [0.1, 0.15) is 11.7 Å². The molecule has 1 N–H and O–H groups in total. The third-order valence-electron chi connectivity index (χ3n) is 11.7. The molecule has 0 radical (unpaired) electrons. The summed E-state index contributed by atoms with van der Waals surface area (Å²) in [4.78, 5) is 24.4. The Bertz CT molecular complexity index is 1020. The number of carbonyl (C=O) groups excluding carboxylic acids is 2. The van der Waals surface area contributed by atoms with Crippen molar-refractivity contribution in [1.29, 1.82) is 0 Å². The van der Waals surface area contributed by atoms with Crippen LogP contribution in [0.15, 0.2) is 12.2 Å². The molecular formula is C34H56O7. The van der Waals surface area contributed by atoms with E-state index in [9.17, 15) is 14.7 Å². The molecule has 4 fully saturated rings. The van der Waals surface area contributed by atoms with E-state index < -0.39 is 22.9 Å². The molecule has 0 aromatic carbocycles. The summed E-state index contributed by atoms with van der Waals surface area (Å²) in [5.74, 6) is -0.255. The van der Waals surface area contributed by atoms with Crippen molar-refractivity contribution in [2.75, 3.05) is 0 Å². The van der Waals surface area contributed by atoms with Gasteiger partial charge in [-0.25, -0.2) is 0 Å². The first kappa shape index (κ1) is 32.5. The summed E-state index contributed by atoms with van der Waals surface area (Å²) in [6.45, 7) is 22.3. The molecule has 2 saturated carbocycles. The molecule has 2 aliphatic carbocycles. The molecule has 2 saturated heterocycles. The van der Waals surface area contributed by atoms with E-state index in [0.717, 1.165) is 51.4 Å². The van der Waals surface area contributed by atoms with Crippen molar-refractivity contribution in [1.82, 2.24) is 0 Å². The van der Waals surface area contributed by atoms with Gasteiger partial charge in [0.2, 0.25) is 0 Å². The number of hydrogen-bond donors (Lipinski definition) is 1. The maximum absolute atomic E-state index is 12.4. The molecule has 2 heterocycles. The highest BCUT2D eigenvalue weighted by Gasteiger charge is 2.59. The number of allylic oxidation sites excluding steroid dienone is 1.